The number of carboxylic acid groups (broad SMARTS) is 1. The second-order valence-electron chi connectivity index (χ2n) is 8.18. The molecular weight excluding hydrogens is 556 g/mol. The summed E-state index contributed by atoms with van der Waals surface area (Å²) in [5, 5.41) is 31.3. The van der Waals surface area contributed by atoms with Crippen LogP contribution in [-0.2, 0) is 10.3 Å². The summed E-state index contributed by atoms with van der Waals surface area (Å²) in [7, 11) is 0. The molecule has 0 saturated carbocycles. The van der Waals surface area contributed by atoms with Crippen LogP contribution in [0, 0.1) is 27.7 Å². The number of aromatic hydroxyl groups is 2. The average Bonchev–Trinajstić information content (AvgIpc) is 3.02. The molecule has 0 radical (unpaired) electrons. The van der Waals surface area contributed by atoms with Crippen molar-refractivity contribution in [2.75, 3.05) is 0 Å². The van der Waals surface area contributed by atoms with Gasteiger partial charge >= 0.3 is 11.9 Å². The fraction of sp³-hybridized carbons (Fsp3) is 0.200. The Balaban J connectivity index is 2.27. The van der Waals surface area contributed by atoms with E-state index in [-0.39, 0.29) is 22.6 Å². The van der Waals surface area contributed by atoms with Gasteiger partial charge in [0.1, 0.15) is 11.5 Å². The first-order valence-electron chi connectivity index (χ1n) is 10.0. The minimum Gasteiger partial charge on any atom is -0.507 e. The molecule has 0 unspecified atom stereocenters. The van der Waals surface area contributed by atoms with Gasteiger partial charge in [0, 0.05) is 36.8 Å². The van der Waals surface area contributed by atoms with Crippen LogP contribution in [-0.4, -0.2) is 27.3 Å². The highest BCUT2D eigenvalue weighted by atomic mass is 79.9. The van der Waals surface area contributed by atoms with E-state index in [1.807, 2.05) is 0 Å². The number of hydrogen-bond acceptors (Lipinski definition) is 5. The molecule has 3 N–H and O–H groups in total. The number of phenols is 2. The third-order valence-electron chi connectivity index (χ3n) is 6.19. The molecule has 33 heavy (non-hydrogen) atoms. The summed E-state index contributed by atoms with van der Waals surface area (Å²) in [6.07, 6.45) is 0. The van der Waals surface area contributed by atoms with Crippen molar-refractivity contribution in [3.63, 3.8) is 0 Å². The Kier molecular flexibility index (Phi) is 5.57. The summed E-state index contributed by atoms with van der Waals surface area (Å²) in [4.78, 5) is 24.9. The number of halogens is 2. The number of carbonyl (C=O) groups excluding carboxylic acids is 1. The van der Waals surface area contributed by atoms with Crippen LogP contribution in [0.4, 0.5) is 0 Å². The van der Waals surface area contributed by atoms with Gasteiger partial charge in [0.2, 0.25) is 0 Å². The standard InChI is InChI=1S/C25H20Br2O6/c1-10-7-17(26)19(12(3)21(10)28)25(20-13(4)22(29)11(2)8-18(20)27)16-9-14(23(30)31)5-6-15(16)24(32)33-25/h5-9,28-29H,1-4H3,(H,30,31). The Morgan fingerprint density at radius 2 is 1.36 bits per heavy atom. The SMILES string of the molecule is Cc1cc(Br)c(C2(c3c(Br)cc(C)c(O)c3C)OC(=O)c3ccc(C(=O)O)cc32)c(C)c1O. The number of carbonyl (C=O) groups is 2. The van der Waals surface area contributed by atoms with Crippen molar-refractivity contribution >= 4 is 43.8 Å². The maximum absolute atomic E-state index is 13.1. The number of aromatic carboxylic acids is 1. The second kappa shape index (κ2) is 7.88. The lowest BCUT2D eigenvalue weighted by Crippen LogP contribution is -2.33. The third kappa shape index (κ3) is 3.27. The summed E-state index contributed by atoms with van der Waals surface area (Å²) in [6.45, 7) is 6.90. The van der Waals surface area contributed by atoms with Crippen molar-refractivity contribution < 1.29 is 29.6 Å². The van der Waals surface area contributed by atoms with E-state index in [0.29, 0.717) is 47.9 Å². The maximum atomic E-state index is 13.1. The molecule has 0 fully saturated rings. The number of benzene rings is 3. The van der Waals surface area contributed by atoms with E-state index >= 15 is 0 Å². The van der Waals surface area contributed by atoms with Crippen molar-refractivity contribution in [3.05, 3.63) is 89.3 Å². The van der Waals surface area contributed by atoms with Crippen LogP contribution < -0.4 is 0 Å². The van der Waals surface area contributed by atoms with E-state index < -0.39 is 17.5 Å². The van der Waals surface area contributed by atoms with Crippen molar-refractivity contribution in [2.45, 2.75) is 33.3 Å². The molecule has 0 aromatic heterocycles. The summed E-state index contributed by atoms with van der Waals surface area (Å²) < 4.78 is 7.24. The molecule has 1 aliphatic rings. The Bertz CT molecular complexity index is 1310. The largest absolute Gasteiger partial charge is 0.507 e. The van der Waals surface area contributed by atoms with Crippen LogP contribution in [0.25, 0.3) is 0 Å². The van der Waals surface area contributed by atoms with Gasteiger partial charge in [-0.05, 0) is 69.2 Å². The Morgan fingerprint density at radius 1 is 0.879 bits per heavy atom. The predicted octanol–water partition coefficient (Wildman–Crippen LogP) is 6.02. The van der Waals surface area contributed by atoms with Crippen molar-refractivity contribution in [1.29, 1.82) is 0 Å². The molecule has 8 heteroatoms. The average molecular weight is 576 g/mol. The molecule has 0 atom stereocenters. The number of carboxylic acids is 1. The quantitative estimate of drug-likeness (QED) is 0.330. The normalized spacial score (nSPS) is 14.2. The van der Waals surface area contributed by atoms with E-state index in [1.54, 1.807) is 39.8 Å². The monoisotopic (exact) mass is 574 g/mol. The van der Waals surface area contributed by atoms with Gasteiger partial charge in [0.25, 0.3) is 0 Å². The zero-order valence-electron chi connectivity index (χ0n) is 18.2. The molecule has 0 bridgehead atoms. The van der Waals surface area contributed by atoms with Gasteiger partial charge in [0.05, 0.1) is 11.1 Å². The molecule has 1 heterocycles. The van der Waals surface area contributed by atoms with Gasteiger partial charge < -0.3 is 20.1 Å². The van der Waals surface area contributed by atoms with E-state index in [2.05, 4.69) is 31.9 Å². The maximum Gasteiger partial charge on any atom is 0.340 e. The molecule has 0 spiro atoms. The first-order valence-corrected chi connectivity index (χ1v) is 11.6. The zero-order valence-corrected chi connectivity index (χ0v) is 21.4. The molecule has 0 aliphatic carbocycles. The lowest BCUT2D eigenvalue weighted by Gasteiger charge is -2.35. The predicted molar refractivity (Wildman–Crippen MR) is 129 cm³/mol. The molecule has 6 nitrogen and oxygen atoms in total. The first kappa shape index (κ1) is 23.3. The van der Waals surface area contributed by atoms with Crippen LogP contribution in [0.1, 0.15) is 59.7 Å². The number of fused-ring (bicyclic) bond motifs is 1. The number of phenolic OH excluding ortho intramolecular Hbond substituents is 2. The van der Waals surface area contributed by atoms with Crippen molar-refractivity contribution in [2.24, 2.45) is 0 Å². The van der Waals surface area contributed by atoms with Gasteiger partial charge in [0.15, 0.2) is 5.60 Å². The summed E-state index contributed by atoms with van der Waals surface area (Å²) >= 11 is 7.16. The van der Waals surface area contributed by atoms with E-state index in [1.165, 1.54) is 18.2 Å². The first-order chi connectivity index (χ1) is 15.4. The highest BCUT2D eigenvalue weighted by Crippen LogP contribution is 2.55. The van der Waals surface area contributed by atoms with Gasteiger partial charge in [-0.15, -0.1) is 0 Å². The molecule has 1 aliphatic heterocycles. The lowest BCUT2D eigenvalue weighted by molar-refractivity contribution is 0.0242. The van der Waals surface area contributed by atoms with Crippen molar-refractivity contribution in [1.82, 2.24) is 0 Å². The zero-order chi connectivity index (χ0) is 24.4. The molecular formula is C25H20Br2O6. The van der Waals surface area contributed by atoms with E-state index in [0.717, 1.165) is 0 Å². The number of esters is 1. The summed E-state index contributed by atoms with van der Waals surface area (Å²) in [6, 6.07) is 7.61. The Hall–Kier alpha value is -2.84. The van der Waals surface area contributed by atoms with Crippen LogP contribution in [0.15, 0.2) is 39.3 Å². The summed E-state index contributed by atoms with van der Waals surface area (Å²) in [5.41, 5.74) is 1.87. The van der Waals surface area contributed by atoms with Gasteiger partial charge in [-0.3, -0.25) is 0 Å². The van der Waals surface area contributed by atoms with E-state index in [4.69, 9.17) is 4.74 Å². The van der Waals surface area contributed by atoms with E-state index in [9.17, 15) is 24.9 Å². The Labute approximate surface area is 207 Å². The number of rotatable bonds is 3. The highest BCUT2D eigenvalue weighted by Gasteiger charge is 2.53. The van der Waals surface area contributed by atoms with Crippen LogP contribution in [0.5, 0.6) is 11.5 Å². The molecule has 3 aromatic rings. The number of ether oxygens (including phenoxy) is 1. The minimum absolute atomic E-state index is 0.0216. The van der Waals surface area contributed by atoms with Crippen LogP contribution in [0.2, 0.25) is 0 Å². The number of aryl methyl sites for hydroxylation is 2. The van der Waals surface area contributed by atoms with Crippen LogP contribution >= 0.6 is 31.9 Å². The lowest BCUT2D eigenvalue weighted by atomic mass is 9.75. The third-order valence-corrected chi connectivity index (χ3v) is 7.44. The molecule has 0 saturated heterocycles. The smallest absolute Gasteiger partial charge is 0.340 e. The van der Waals surface area contributed by atoms with Gasteiger partial charge in [-0.2, -0.15) is 0 Å². The summed E-state index contributed by atoms with van der Waals surface area (Å²) in [5.74, 6) is -1.75. The fourth-order valence-corrected chi connectivity index (χ4v) is 6.44. The second-order valence-corrected chi connectivity index (χ2v) is 9.89. The van der Waals surface area contributed by atoms with Gasteiger partial charge in [-0.25, -0.2) is 9.59 Å². The molecule has 4 rings (SSSR count). The molecule has 3 aromatic carbocycles. The fourth-order valence-electron chi connectivity index (χ4n) is 4.60. The molecule has 170 valence electrons. The topological polar surface area (TPSA) is 104 Å². The molecule has 0 amide bonds. The van der Waals surface area contributed by atoms with Crippen LogP contribution in [0.3, 0.4) is 0 Å². The number of hydrogen-bond donors (Lipinski definition) is 3. The highest BCUT2D eigenvalue weighted by molar-refractivity contribution is 9.10. The minimum atomic E-state index is -1.64. The number of cyclic esters (lactones) is 1. The van der Waals surface area contributed by atoms with Gasteiger partial charge in [-0.1, -0.05) is 31.9 Å². The van der Waals surface area contributed by atoms with Crippen molar-refractivity contribution in [3.8, 4) is 11.5 Å². The Morgan fingerprint density at radius 3 is 1.82 bits per heavy atom.